The largest absolute Gasteiger partial charge is 0.356 e. The molecule has 0 radical (unpaired) electrons. The lowest BCUT2D eigenvalue weighted by Gasteiger charge is -2.23. The first-order valence-electron chi connectivity index (χ1n) is 8.80. The number of aromatic amines is 1. The van der Waals surface area contributed by atoms with Crippen molar-refractivity contribution in [2.24, 2.45) is 11.8 Å². The van der Waals surface area contributed by atoms with Gasteiger partial charge in [0.15, 0.2) is 0 Å². The molecular formula is C18H19N7O. The van der Waals surface area contributed by atoms with Crippen LogP contribution in [-0.4, -0.2) is 62.4 Å². The van der Waals surface area contributed by atoms with Crippen molar-refractivity contribution in [3.63, 3.8) is 0 Å². The van der Waals surface area contributed by atoms with Gasteiger partial charge in [-0.1, -0.05) is 0 Å². The van der Waals surface area contributed by atoms with Crippen molar-refractivity contribution >= 4 is 22.8 Å². The zero-order valence-corrected chi connectivity index (χ0v) is 14.5. The van der Waals surface area contributed by atoms with Crippen molar-refractivity contribution in [3.05, 3.63) is 41.9 Å². The number of hydrogen-bond acceptors (Lipinski definition) is 6. The van der Waals surface area contributed by atoms with Crippen LogP contribution in [0.5, 0.6) is 0 Å². The number of aryl methyl sites for hydroxylation is 1. The maximum atomic E-state index is 12.9. The van der Waals surface area contributed by atoms with Gasteiger partial charge in [-0.15, -0.1) is 0 Å². The van der Waals surface area contributed by atoms with E-state index in [0.717, 1.165) is 48.6 Å². The normalized spacial score (nSPS) is 22.2. The number of likely N-dealkylation sites (tertiary alicyclic amines) is 1. The number of carbonyl (C=O) groups is 1. The fourth-order valence-electron chi connectivity index (χ4n) is 4.21. The van der Waals surface area contributed by atoms with E-state index in [-0.39, 0.29) is 5.91 Å². The van der Waals surface area contributed by atoms with E-state index in [1.807, 2.05) is 36.2 Å². The number of amides is 1. The molecule has 26 heavy (non-hydrogen) atoms. The van der Waals surface area contributed by atoms with Gasteiger partial charge in [-0.05, 0) is 25.1 Å². The summed E-state index contributed by atoms with van der Waals surface area (Å²) >= 11 is 0. The maximum absolute atomic E-state index is 12.9. The molecular weight excluding hydrogens is 330 g/mol. The Balaban J connectivity index is 1.30. The number of nitrogens with one attached hydrogen (secondary N) is 1. The van der Waals surface area contributed by atoms with E-state index in [9.17, 15) is 4.79 Å². The van der Waals surface area contributed by atoms with Gasteiger partial charge in [0, 0.05) is 55.3 Å². The quantitative estimate of drug-likeness (QED) is 0.749. The molecule has 2 unspecified atom stereocenters. The molecule has 1 amide bonds. The summed E-state index contributed by atoms with van der Waals surface area (Å²) in [5.74, 6) is 2.08. The summed E-state index contributed by atoms with van der Waals surface area (Å²) in [6.07, 6.45) is 3.46. The lowest BCUT2D eigenvalue weighted by molar-refractivity contribution is 0.0782. The summed E-state index contributed by atoms with van der Waals surface area (Å²) in [7, 11) is 0. The van der Waals surface area contributed by atoms with Gasteiger partial charge >= 0.3 is 0 Å². The second kappa shape index (κ2) is 5.76. The molecule has 2 saturated heterocycles. The number of anilines is 1. The fraction of sp³-hybridized carbons (Fsp3) is 0.389. The van der Waals surface area contributed by atoms with Crippen molar-refractivity contribution in [1.29, 1.82) is 0 Å². The van der Waals surface area contributed by atoms with Crippen LogP contribution in [0.1, 0.15) is 15.9 Å². The topological polar surface area (TPSA) is 90.9 Å². The summed E-state index contributed by atoms with van der Waals surface area (Å²) in [4.78, 5) is 25.7. The highest BCUT2D eigenvalue weighted by Crippen LogP contribution is 2.34. The molecule has 132 valence electrons. The van der Waals surface area contributed by atoms with Crippen LogP contribution in [0.25, 0.3) is 11.0 Å². The molecule has 2 atom stereocenters. The third-order valence-electron chi connectivity index (χ3n) is 5.50. The predicted octanol–water partition coefficient (Wildman–Crippen LogP) is 1.26. The molecule has 1 N–H and O–H groups in total. The molecule has 2 aliphatic heterocycles. The Morgan fingerprint density at radius 1 is 1.12 bits per heavy atom. The Kier molecular flexibility index (Phi) is 3.37. The fourth-order valence-corrected chi connectivity index (χ4v) is 4.21. The summed E-state index contributed by atoms with van der Waals surface area (Å²) in [6, 6.07) is 5.48. The minimum absolute atomic E-state index is 0.0778. The Morgan fingerprint density at radius 3 is 2.65 bits per heavy atom. The van der Waals surface area contributed by atoms with E-state index in [0.29, 0.717) is 17.4 Å². The van der Waals surface area contributed by atoms with Gasteiger partial charge in [-0.25, -0.2) is 9.97 Å². The van der Waals surface area contributed by atoms with Gasteiger partial charge in [0.25, 0.3) is 5.91 Å². The summed E-state index contributed by atoms with van der Waals surface area (Å²) in [6.45, 7) is 5.50. The lowest BCUT2D eigenvalue weighted by atomic mass is 10.0. The maximum Gasteiger partial charge on any atom is 0.253 e. The average molecular weight is 349 g/mol. The molecule has 0 saturated carbocycles. The molecule has 1 aromatic carbocycles. The van der Waals surface area contributed by atoms with E-state index in [4.69, 9.17) is 0 Å². The number of rotatable bonds is 2. The molecule has 2 aromatic heterocycles. The molecule has 2 fully saturated rings. The first-order valence-corrected chi connectivity index (χ1v) is 8.80. The predicted molar refractivity (Wildman–Crippen MR) is 95.8 cm³/mol. The molecule has 0 bridgehead atoms. The Bertz CT molecular complexity index is 970. The molecule has 0 aliphatic carbocycles. The third kappa shape index (κ3) is 2.40. The second-order valence-corrected chi connectivity index (χ2v) is 7.19. The zero-order valence-electron chi connectivity index (χ0n) is 14.5. The Labute approximate surface area is 150 Å². The minimum atomic E-state index is 0.0778. The van der Waals surface area contributed by atoms with Gasteiger partial charge < -0.3 is 9.80 Å². The van der Waals surface area contributed by atoms with Crippen LogP contribution < -0.4 is 4.90 Å². The summed E-state index contributed by atoms with van der Waals surface area (Å²) in [5.41, 5.74) is 3.27. The van der Waals surface area contributed by atoms with Gasteiger partial charge in [-0.3, -0.25) is 4.79 Å². The standard InChI is InChI=1S/C18H19N7O/c1-11-5-19-10-20-17(11)24-6-13-8-25(9-14(13)7-24)18(26)12-2-3-15-16(4-12)22-23-21-15/h2-5,10,13-14H,6-9H2,1H3,(H,21,22,23). The number of hydrogen-bond donors (Lipinski definition) is 1. The van der Waals surface area contributed by atoms with Gasteiger partial charge in [0.2, 0.25) is 0 Å². The number of nitrogens with zero attached hydrogens (tertiary/aromatic N) is 6. The summed E-state index contributed by atoms with van der Waals surface area (Å²) < 4.78 is 0. The molecule has 0 spiro atoms. The second-order valence-electron chi connectivity index (χ2n) is 7.19. The molecule has 4 heterocycles. The highest BCUT2D eigenvalue weighted by molar-refractivity contribution is 5.97. The number of H-pyrrole nitrogens is 1. The molecule has 2 aliphatic rings. The zero-order chi connectivity index (χ0) is 17.7. The van der Waals surface area contributed by atoms with Gasteiger partial charge in [0.05, 0.1) is 0 Å². The highest BCUT2D eigenvalue weighted by Gasteiger charge is 2.42. The van der Waals surface area contributed by atoms with Crippen LogP contribution in [0.15, 0.2) is 30.7 Å². The molecule has 3 aromatic rings. The monoisotopic (exact) mass is 349 g/mol. The van der Waals surface area contributed by atoms with Crippen LogP contribution in [0, 0.1) is 18.8 Å². The van der Waals surface area contributed by atoms with Crippen LogP contribution in [0.2, 0.25) is 0 Å². The number of benzene rings is 1. The van der Waals surface area contributed by atoms with Crippen molar-refractivity contribution in [2.75, 3.05) is 31.1 Å². The highest BCUT2D eigenvalue weighted by atomic mass is 16.2. The van der Waals surface area contributed by atoms with Crippen molar-refractivity contribution in [1.82, 2.24) is 30.3 Å². The number of aromatic nitrogens is 5. The van der Waals surface area contributed by atoms with E-state index >= 15 is 0 Å². The Morgan fingerprint density at radius 2 is 1.88 bits per heavy atom. The minimum Gasteiger partial charge on any atom is -0.356 e. The van der Waals surface area contributed by atoms with E-state index in [2.05, 4.69) is 30.3 Å². The van der Waals surface area contributed by atoms with Gasteiger partial charge in [-0.2, -0.15) is 15.4 Å². The lowest BCUT2D eigenvalue weighted by Crippen LogP contribution is -2.33. The van der Waals surface area contributed by atoms with E-state index in [1.54, 1.807) is 6.33 Å². The van der Waals surface area contributed by atoms with Crippen LogP contribution >= 0.6 is 0 Å². The first-order chi connectivity index (χ1) is 12.7. The first kappa shape index (κ1) is 15.2. The van der Waals surface area contributed by atoms with E-state index < -0.39 is 0 Å². The molecule has 5 rings (SSSR count). The van der Waals surface area contributed by atoms with Crippen molar-refractivity contribution < 1.29 is 4.79 Å². The van der Waals surface area contributed by atoms with Crippen LogP contribution in [0.3, 0.4) is 0 Å². The average Bonchev–Trinajstić information content (AvgIpc) is 3.35. The smallest absolute Gasteiger partial charge is 0.253 e. The van der Waals surface area contributed by atoms with Crippen molar-refractivity contribution in [2.45, 2.75) is 6.92 Å². The van der Waals surface area contributed by atoms with E-state index in [1.165, 1.54) is 0 Å². The number of carbonyl (C=O) groups excluding carboxylic acids is 1. The molecule has 8 heteroatoms. The van der Waals surface area contributed by atoms with Crippen molar-refractivity contribution in [3.8, 4) is 0 Å². The number of fused-ring (bicyclic) bond motifs is 2. The third-order valence-corrected chi connectivity index (χ3v) is 5.50. The van der Waals surface area contributed by atoms with Crippen LogP contribution in [0.4, 0.5) is 5.82 Å². The SMILES string of the molecule is Cc1cncnc1N1CC2CN(C(=O)c3ccc4n[nH]nc4c3)CC2C1. The van der Waals surface area contributed by atoms with Crippen LogP contribution in [-0.2, 0) is 0 Å². The molecule has 8 nitrogen and oxygen atoms in total. The van der Waals surface area contributed by atoms with Gasteiger partial charge in [0.1, 0.15) is 23.2 Å². The summed E-state index contributed by atoms with van der Waals surface area (Å²) in [5, 5.41) is 10.7. The Hall–Kier alpha value is -3.03.